The Balaban J connectivity index is 1.34. The van der Waals surface area contributed by atoms with Crippen molar-refractivity contribution in [1.29, 1.82) is 0 Å². The van der Waals surface area contributed by atoms with Gasteiger partial charge in [0.1, 0.15) is 11.3 Å². The Morgan fingerprint density at radius 1 is 1.17 bits per heavy atom. The number of thiazole rings is 1. The number of ether oxygens (including phenoxy) is 1. The van der Waals surface area contributed by atoms with Gasteiger partial charge in [-0.25, -0.2) is 4.98 Å². The number of hydrogen-bond donors (Lipinski definition) is 0. The van der Waals surface area contributed by atoms with Crippen molar-refractivity contribution in [2.75, 3.05) is 43.4 Å². The first-order valence-electron chi connectivity index (χ1n) is 9.57. The molecule has 5 nitrogen and oxygen atoms in total. The molecule has 0 atom stereocenters. The van der Waals surface area contributed by atoms with Gasteiger partial charge in [-0.05, 0) is 43.3 Å². The number of carbonyl (C=O) groups is 1. The molecular formula is C21H22ClN3O2S2. The van der Waals surface area contributed by atoms with Crippen LogP contribution in [0.5, 0.6) is 5.75 Å². The molecule has 4 rings (SSSR count). The van der Waals surface area contributed by atoms with E-state index in [-0.39, 0.29) is 5.91 Å². The monoisotopic (exact) mass is 447 g/mol. The summed E-state index contributed by atoms with van der Waals surface area (Å²) in [5.74, 6) is 1.45. The molecule has 1 aliphatic rings. The highest BCUT2D eigenvalue weighted by atomic mass is 35.5. The summed E-state index contributed by atoms with van der Waals surface area (Å²) in [6.45, 7) is 5.62. The molecule has 0 unspecified atom stereocenters. The van der Waals surface area contributed by atoms with E-state index in [1.54, 1.807) is 23.1 Å². The molecule has 0 aliphatic carbocycles. The van der Waals surface area contributed by atoms with E-state index in [4.69, 9.17) is 21.3 Å². The van der Waals surface area contributed by atoms with Crippen LogP contribution in [0.4, 0.5) is 5.13 Å². The molecule has 0 N–H and O–H groups in total. The van der Waals surface area contributed by atoms with Crippen LogP contribution in [0.1, 0.15) is 6.92 Å². The van der Waals surface area contributed by atoms with Crippen LogP contribution in [0, 0.1) is 0 Å². The fourth-order valence-electron chi connectivity index (χ4n) is 3.23. The highest BCUT2D eigenvalue weighted by Crippen LogP contribution is 2.34. The molecule has 0 saturated carbocycles. The van der Waals surface area contributed by atoms with Crippen LogP contribution >= 0.6 is 34.7 Å². The number of anilines is 1. The van der Waals surface area contributed by atoms with Crippen LogP contribution < -0.4 is 9.64 Å². The molecule has 1 saturated heterocycles. The molecule has 0 spiro atoms. The van der Waals surface area contributed by atoms with Gasteiger partial charge >= 0.3 is 0 Å². The summed E-state index contributed by atoms with van der Waals surface area (Å²) < 4.78 is 6.83. The standard InChI is InChI=1S/C21H22ClN3O2S2/c1-2-27-17-4-3-5-18-20(17)23-21(29-18)25-12-10-24(11-13-25)19(26)14-28-16-8-6-15(22)7-9-16/h3-9H,2,10-14H2,1H3. The second-order valence-electron chi connectivity index (χ2n) is 6.64. The number of hydrogen-bond acceptors (Lipinski definition) is 6. The number of carbonyl (C=O) groups excluding carboxylic acids is 1. The normalized spacial score (nSPS) is 14.4. The maximum absolute atomic E-state index is 12.6. The van der Waals surface area contributed by atoms with Crippen LogP contribution in [0.25, 0.3) is 10.2 Å². The molecule has 2 heterocycles. The fraction of sp³-hybridized carbons (Fsp3) is 0.333. The van der Waals surface area contributed by atoms with Gasteiger partial charge in [0.2, 0.25) is 5.91 Å². The van der Waals surface area contributed by atoms with Gasteiger partial charge in [0.05, 0.1) is 17.1 Å². The van der Waals surface area contributed by atoms with E-state index in [1.807, 2.05) is 48.2 Å². The predicted octanol–water partition coefficient (Wildman–Crippen LogP) is 4.79. The van der Waals surface area contributed by atoms with E-state index >= 15 is 0 Å². The smallest absolute Gasteiger partial charge is 0.233 e. The van der Waals surface area contributed by atoms with Gasteiger partial charge in [-0.2, -0.15) is 0 Å². The fourth-order valence-corrected chi connectivity index (χ4v) is 5.20. The molecule has 29 heavy (non-hydrogen) atoms. The first-order chi connectivity index (χ1) is 14.1. The van der Waals surface area contributed by atoms with Gasteiger partial charge in [0.25, 0.3) is 0 Å². The molecule has 152 valence electrons. The number of halogens is 1. The molecule has 1 aliphatic heterocycles. The molecule has 1 fully saturated rings. The van der Waals surface area contributed by atoms with Crippen molar-refractivity contribution in [2.24, 2.45) is 0 Å². The molecule has 2 aromatic carbocycles. The minimum Gasteiger partial charge on any atom is -0.492 e. The minimum absolute atomic E-state index is 0.174. The van der Waals surface area contributed by atoms with Crippen molar-refractivity contribution in [3.63, 3.8) is 0 Å². The van der Waals surface area contributed by atoms with Crippen LogP contribution in [0.2, 0.25) is 5.02 Å². The minimum atomic E-state index is 0.174. The first-order valence-corrected chi connectivity index (χ1v) is 11.8. The summed E-state index contributed by atoms with van der Waals surface area (Å²) >= 11 is 9.14. The lowest BCUT2D eigenvalue weighted by molar-refractivity contribution is -0.128. The largest absolute Gasteiger partial charge is 0.492 e. The second kappa shape index (κ2) is 9.24. The van der Waals surface area contributed by atoms with Gasteiger partial charge in [0.15, 0.2) is 5.13 Å². The molecule has 3 aromatic rings. The molecular weight excluding hydrogens is 426 g/mol. The number of piperazine rings is 1. The number of benzene rings is 2. The highest BCUT2D eigenvalue weighted by Gasteiger charge is 2.23. The summed E-state index contributed by atoms with van der Waals surface area (Å²) in [6.07, 6.45) is 0. The summed E-state index contributed by atoms with van der Waals surface area (Å²) in [6, 6.07) is 13.6. The molecule has 1 amide bonds. The number of fused-ring (bicyclic) bond motifs is 1. The molecule has 0 radical (unpaired) electrons. The average molecular weight is 448 g/mol. The number of thioether (sulfide) groups is 1. The zero-order valence-corrected chi connectivity index (χ0v) is 18.5. The Kier molecular flexibility index (Phi) is 6.47. The lowest BCUT2D eigenvalue weighted by Crippen LogP contribution is -2.49. The maximum atomic E-state index is 12.6. The zero-order chi connectivity index (χ0) is 20.2. The average Bonchev–Trinajstić information content (AvgIpc) is 3.19. The summed E-state index contributed by atoms with van der Waals surface area (Å²) in [7, 11) is 0. The molecule has 8 heteroatoms. The van der Waals surface area contributed by atoms with Gasteiger partial charge in [0, 0.05) is 36.1 Å². The third-order valence-corrected chi connectivity index (χ3v) is 7.08. The van der Waals surface area contributed by atoms with Crippen molar-refractivity contribution < 1.29 is 9.53 Å². The van der Waals surface area contributed by atoms with Crippen molar-refractivity contribution in [1.82, 2.24) is 9.88 Å². The third-order valence-electron chi connectivity index (χ3n) is 4.75. The van der Waals surface area contributed by atoms with Crippen LogP contribution in [-0.2, 0) is 4.79 Å². The Morgan fingerprint density at radius 3 is 2.66 bits per heavy atom. The van der Waals surface area contributed by atoms with Crippen molar-refractivity contribution in [3.05, 3.63) is 47.5 Å². The Bertz CT molecular complexity index is 985. The zero-order valence-electron chi connectivity index (χ0n) is 16.1. The topological polar surface area (TPSA) is 45.7 Å². The second-order valence-corrected chi connectivity index (χ2v) is 9.14. The Hall–Kier alpha value is -1.96. The summed E-state index contributed by atoms with van der Waals surface area (Å²) in [5.41, 5.74) is 0.923. The highest BCUT2D eigenvalue weighted by molar-refractivity contribution is 8.00. The number of amides is 1. The van der Waals surface area contributed by atoms with Gasteiger partial charge in [-0.1, -0.05) is 29.0 Å². The third kappa shape index (κ3) is 4.79. The van der Waals surface area contributed by atoms with Gasteiger partial charge in [-0.3, -0.25) is 4.79 Å². The van der Waals surface area contributed by atoms with E-state index < -0.39 is 0 Å². The SMILES string of the molecule is CCOc1cccc2sc(N3CCN(C(=O)CSc4ccc(Cl)cc4)CC3)nc12. The number of rotatable bonds is 6. The Labute approximate surface area is 183 Å². The van der Waals surface area contributed by atoms with Gasteiger partial charge in [-0.15, -0.1) is 11.8 Å². The van der Waals surface area contributed by atoms with E-state index in [2.05, 4.69) is 11.0 Å². The number of nitrogens with zero attached hydrogens (tertiary/aromatic N) is 3. The predicted molar refractivity (Wildman–Crippen MR) is 122 cm³/mol. The van der Waals surface area contributed by atoms with Crippen LogP contribution in [0.3, 0.4) is 0 Å². The van der Waals surface area contributed by atoms with Crippen LogP contribution in [0.15, 0.2) is 47.4 Å². The van der Waals surface area contributed by atoms with E-state index in [9.17, 15) is 4.79 Å². The summed E-state index contributed by atoms with van der Waals surface area (Å²) in [4.78, 5) is 22.6. The van der Waals surface area contributed by atoms with Crippen molar-refractivity contribution >= 4 is 56.0 Å². The first kappa shape index (κ1) is 20.3. The van der Waals surface area contributed by atoms with E-state index in [0.717, 1.165) is 39.1 Å². The lowest BCUT2D eigenvalue weighted by atomic mass is 10.3. The van der Waals surface area contributed by atoms with E-state index in [1.165, 1.54) is 0 Å². The number of aromatic nitrogens is 1. The van der Waals surface area contributed by atoms with Crippen molar-refractivity contribution in [2.45, 2.75) is 11.8 Å². The maximum Gasteiger partial charge on any atom is 0.233 e. The van der Waals surface area contributed by atoms with E-state index in [0.29, 0.717) is 30.5 Å². The molecule has 0 bridgehead atoms. The molecule has 1 aromatic heterocycles. The number of para-hydroxylation sites is 1. The van der Waals surface area contributed by atoms with Gasteiger partial charge < -0.3 is 14.5 Å². The lowest BCUT2D eigenvalue weighted by Gasteiger charge is -2.34. The van der Waals surface area contributed by atoms with Crippen molar-refractivity contribution in [3.8, 4) is 5.75 Å². The summed E-state index contributed by atoms with van der Waals surface area (Å²) in [5, 5.41) is 1.70. The Morgan fingerprint density at radius 2 is 1.93 bits per heavy atom. The van der Waals surface area contributed by atoms with Crippen LogP contribution in [-0.4, -0.2) is 54.3 Å². The quantitative estimate of drug-likeness (QED) is 0.508.